The molecular weight excluding hydrogens is 783 g/mol. The zero-order chi connectivity index (χ0) is 44.2. The summed E-state index contributed by atoms with van der Waals surface area (Å²) in [6, 6.07) is 14.5. The smallest absolute Gasteiger partial charge is 0.329 e. The number of rotatable bonds is 13. The molecule has 0 saturated carbocycles. The van der Waals surface area contributed by atoms with Gasteiger partial charge in [0.25, 0.3) is 0 Å². The molecule has 0 radical (unpaired) electrons. The van der Waals surface area contributed by atoms with E-state index in [0.717, 1.165) is 10.9 Å². The van der Waals surface area contributed by atoms with Crippen LogP contribution in [0.1, 0.15) is 57.7 Å². The van der Waals surface area contributed by atoms with Crippen LogP contribution in [0.2, 0.25) is 0 Å². The second-order valence-corrected chi connectivity index (χ2v) is 16.1. The summed E-state index contributed by atoms with van der Waals surface area (Å²) in [6.07, 6.45) is 0.748. The van der Waals surface area contributed by atoms with E-state index in [1.807, 2.05) is 38.1 Å². The first-order valence-electron chi connectivity index (χ1n) is 20.4. The van der Waals surface area contributed by atoms with Gasteiger partial charge in [0.1, 0.15) is 48.1 Å². The molecule has 324 valence electrons. The number of hydrogen-bond acceptors (Lipinski definition) is 9. The van der Waals surface area contributed by atoms with Crippen LogP contribution in [-0.4, -0.2) is 94.4 Å². The predicted octanol–water partition coefficient (Wildman–Crippen LogP) is 2.09. The van der Waals surface area contributed by atoms with Crippen molar-refractivity contribution >= 4 is 52.8 Å². The van der Waals surface area contributed by atoms with Gasteiger partial charge in [-0.25, -0.2) is 4.79 Å². The molecule has 2 heterocycles. The highest BCUT2D eigenvalue weighted by atomic mass is 16.5. The van der Waals surface area contributed by atoms with Gasteiger partial charge in [-0.3, -0.25) is 28.8 Å². The molecule has 1 aliphatic heterocycles. The number of esters is 1. The number of hydrogen-bond donors (Lipinski definition) is 8. The van der Waals surface area contributed by atoms with E-state index in [4.69, 9.17) is 4.74 Å². The molecule has 16 nitrogen and oxygen atoms in total. The van der Waals surface area contributed by atoms with Crippen molar-refractivity contribution in [2.75, 3.05) is 0 Å². The summed E-state index contributed by atoms with van der Waals surface area (Å²) >= 11 is 0. The SMILES string of the molecule is CC(C)C[C@@H](NC=O)C(=O)NC1C(=O)N[C@H](Cc2ccccc2)C(=O)N[C@H](C(C)C)C(=O)N[C@@H](Cc2ccc(O)cc2)C(=O)N[C@@H](Cc2c[nH]c3ccccc23)C(=O)O[C@@H]1C. The van der Waals surface area contributed by atoms with Crippen molar-refractivity contribution in [3.8, 4) is 5.75 Å². The lowest BCUT2D eigenvalue weighted by atomic mass is 9.98. The number of ether oxygens (including phenoxy) is 1. The third-order valence-corrected chi connectivity index (χ3v) is 10.5. The Labute approximate surface area is 354 Å². The van der Waals surface area contributed by atoms with Crippen LogP contribution in [0.5, 0.6) is 5.75 Å². The number of fused-ring (bicyclic) bond motifs is 1. The van der Waals surface area contributed by atoms with E-state index in [9.17, 15) is 38.7 Å². The van der Waals surface area contributed by atoms with Crippen molar-refractivity contribution in [2.24, 2.45) is 11.8 Å². The number of nitrogens with one attached hydrogen (secondary N) is 7. The number of phenols is 1. The van der Waals surface area contributed by atoms with Crippen LogP contribution >= 0.6 is 0 Å². The predicted molar refractivity (Wildman–Crippen MR) is 226 cm³/mol. The van der Waals surface area contributed by atoms with Gasteiger partial charge < -0.3 is 46.7 Å². The van der Waals surface area contributed by atoms with Crippen LogP contribution in [-0.2, 0) is 57.6 Å². The monoisotopic (exact) mass is 837 g/mol. The van der Waals surface area contributed by atoms with E-state index in [1.54, 1.807) is 62.5 Å². The number of aromatic amines is 1. The summed E-state index contributed by atoms with van der Waals surface area (Å²) in [5.41, 5.74) is 2.68. The lowest BCUT2D eigenvalue weighted by molar-refractivity contribution is -0.156. The Morgan fingerprint density at radius 2 is 1.33 bits per heavy atom. The minimum atomic E-state index is -1.60. The number of para-hydroxylation sites is 1. The van der Waals surface area contributed by atoms with Gasteiger partial charge in [0.05, 0.1) is 0 Å². The quantitative estimate of drug-likeness (QED) is 0.0726. The van der Waals surface area contributed by atoms with Gasteiger partial charge in [-0.1, -0.05) is 88.4 Å². The number of cyclic esters (lactones) is 1. The fourth-order valence-corrected chi connectivity index (χ4v) is 7.22. The van der Waals surface area contributed by atoms with Crippen LogP contribution in [0.4, 0.5) is 0 Å². The van der Waals surface area contributed by atoms with E-state index in [0.29, 0.717) is 23.1 Å². The maximum absolute atomic E-state index is 14.4. The number of carbonyl (C=O) groups excluding carboxylic acids is 7. The standard InChI is InChI=1S/C45H55N7O9/c1-25(2)19-34(47-24-53)40(55)52-39-27(5)61-45(60)37(22-30-23-46-33-14-10-9-13-32(30)33)50-41(56)35(21-29-15-17-31(54)18-16-29)48-43(58)38(26(3)4)51-42(57)36(49-44(39)59)20-28-11-7-6-8-12-28/h6-18,23-27,34-39,46,54H,19-22H2,1-5H3,(H,47,53)(H,48,58)(H,49,59)(H,50,56)(H,51,57)(H,52,55)/t27-,34-,35+,36-,37+,38-,39?/m1/s1. The van der Waals surface area contributed by atoms with E-state index in [2.05, 4.69) is 36.9 Å². The van der Waals surface area contributed by atoms with Gasteiger partial charge in [-0.05, 0) is 60.1 Å². The molecular formula is C45H55N7O9. The zero-order valence-corrected chi connectivity index (χ0v) is 34.9. The normalized spacial score (nSPS) is 22.4. The molecule has 1 aliphatic rings. The molecule has 0 bridgehead atoms. The van der Waals surface area contributed by atoms with Gasteiger partial charge in [-0.2, -0.15) is 0 Å². The van der Waals surface area contributed by atoms with Gasteiger partial charge in [0, 0.05) is 36.4 Å². The van der Waals surface area contributed by atoms with Crippen LogP contribution in [0.25, 0.3) is 10.9 Å². The Balaban J connectivity index is 1.59. The summed E-state index contributed by atoms with van der Waals surface area (Å²) in [7, 11) is 0. The van der Waals surface area contributed by atoms with E-state index in [-0.39, 0.29) is 37.4 Å². The lowest BCUT2D eigenvalue weighted by Crippen LogP contribution is -2.63. The van der Waals surface area contributed by atoms with Gasteiger partial charge in [0.2, 0.25) is 35.9 Å². The zero-order valence-electron chi connectivity index (χ0n) is 34.9. The second-order valence-electron chi connectivity index (χ2n) is 16.1. The number of phenolic OH excluding ortho intramolecular Hbond substituents is 1. The molecule has 3 aromatic carbocycles. The molecule has 1 fully saturated rings. The fourth-order valence-electron chi connectivity index (χ4n) is 7.22. The fraction of sp³-hybridized carbons (Fsp3) is 0.400. The summed E-state index contributed by atoms with van der Waals surface area (Å²) < 4.78 is 5.95. The largest absolute Gasteiger partial charge is 0.508 e. The highest BCUT2D eigenvalue weighted by Crippen LogP contribution is 2.21. The summed E-state index contributed by atoms with van der Waals surface area (Å²) in [5, 5.41) is 26.9. The minimum Gasteiger partial charge on any atom is -0.508 e. The molecule has 1 aromatic heterocycles. The number of benzene rings is 3. The van der Waals surface area contributed by atoms with Gasteiger partial charge >= 0.3 is 5.97 Å². The topological polar surface area (TPSA) is 237 Å². The summed E-state index contributed by atoms with van der Waals surface area (Å²) in [6.45, 7) is 8.53. The van der Waals surface area contributed by atoms with Crippen molar-refractivity contribution in [3.05, 3.63) is 102 Å². The van der Waals surface area contributed by atoms with Gasteiger partial charge in [0.15, 0.2) is 0 Å². The van der Waals surface area contributed by atoms with Crippen molar-refractivity contribution in [1.29, 1.82) is 0 Å². The van der Waals surface area contributed by atoms with Crippen molar-refractivity contribution < 1.29 is 43.4 Å². The minimum absolute atomic E-state index is 0.00411. The average Bonchev–Trinajstić information content (AvgIpc) is 3.63. The molecule has 5 rings (SSSR count). The Morgan fingerprint density at radius 1 is 0.738 bits per heavy atom. The molecule has 16 heteroatoms. The number of H-pyrrole nitrogens is 1. The molecule has 1 saturated heterocycles. The molecule has 0 spiro atoms. The van der Waals surface area contributed by atoms with Crippen molar-refractivity contribution in [2.45, 2.75) is 103 Å². The first-order chi connectivity index (χ1) is 29.1. The molecule has 8 N–H and O–H groups in total. The number of amides is 6. The first kappa shape index (κ1) is 45.4. The van der Waals surface area contributed by atoms with E-state index < -0.39 is 83.8 Å². The molecule has 61 heavy (non-hydrogen) atoms. The Bertz CT molecular complexity index is 2170. The first-order valence-corrected chi connectivity index (χ1v) is 20.4. The number of aromatic nitrogens is 1. The van der Waals surface area contributed by atoms with Crippen LogP contribution in [0.3, 0.4) is 0 Å². The Hall–Kier alpha value is -6.71. The summed E-state index contributed by atoms with van der Waals surface area (Å²) in [4.78, 5) is 100. The Morgan fingerprint density at radius 3 is 1.97 bits per heavy atom. The number of carbonyl (C=O) groups is 7. The maximum Gasteiger partial charge on any atom is 0.329 e. The van der Waals surface area contributed by atoms with Crippen LogP contribution in [0.15, 0.2) is 85.1 Å². The third kappa shape index (κ3) is 12.4. The van der Waals surface area contributed by atoms with Crippen molar-refractivity contribution in [3.63, 3.8) is 0 Å². The molecule has 1 unspecified atom stereocenters. The molecule has 6 amide bonds. The van der Waals surface area contributed by atoms with E-state index in [1.165, 1.54) is 19.1 Å². The van der Waals surface area contributed by atoms with Gasteiger partial charge in [-0.15, -0.1) is 0 Å². The maximum atomic E-state index is 14.4. The number of aromatic hydroxyl groups is 1. The van der Waals surface area contributed by atoms with Crippen LogP contribution in [0, 0.1) is 11.8 Å². The Kier molecular flexibility index (Phi) is 15.6. The highest BCUT2D eigenvalue weighted by molar-refractivity contribution is 5.97. The summed E-state index contributed by atoms with van der Waals surface area (Å²) in [5.74, 6) is -5.31. The average molecular weight is 838 g/mol. The second kappa shape index (κ2) is 21.0. The molecule has 7 atom stereocenters. The molecule has 4 aromatic rings. The third-order valence-electron chi connectivity index (χ3n) is 10.5. The van der Waals surface area contributed by atoms with Crippen LogP contribution < -0.4 is 31.9 Å². The van der Waals surface area contributed by atoms with Crippen molar-refractivity contribution in [1.82, 2.24) is 36.9 Å². The lowest BCUT2D eigenvalue weighted by Gasteiger charge is -2.31. The highest BCUT2D eigenvalue weighted by Gasteiger charge is 2.39. The van der Waals surface area contributed by atoms with E-state index >= 15 is 0 Å². The molecule has 0 aliphatic carbocycles.